The van der Waals surface area contributed by atoms with Crippen molar-refractivity contribution in [1.29, 1.82) is 0 Å². The van der Waals surface area contributed by atoms with Gasteiger partial charge in [0.25, 0.3) is 0 Å². The normalized spacial score (nSPS) is 12.1. The average Bonchev–Trinajstić information content (AvgIpc) is 3.76. The fourth-order valence-corrected chi connectivity index (χ4v) is 8.60. The summed E-state index contributed by atoms with van der Waals surface area (Å²) in [6.07, 6.45) is 0. The highest BCUT2D eigenvalue weighted by Crippen LogP contribution is 2.42. The average molecular weight is 688 g/mol. The van der Waals surface area contributed by atoms with Crippen molar-refractivity contribution in [2.45, 2.75) is 0 Å². The lowest BCUT2D eigenvalue weighted by molar-refractivity contribution is 0.672. The van der Waals surface area contributed by atoms with E-state index in [1.807, 2.05) is 6.07 Å². The summed E-state index contributed by atoms with van der Waals surface area (Å²) in [7, 11) is 0. The Morgan fingerprint density at radius 1 is 0.407 bits per heavy atom. The van der Waals surface area contributed by atoms with Crippen LogP contribution in [0.15, 0.2) is 180 Å². The second kappa shape index (κ2) is 11.1. The van der Waals surface area contributed by atoms with Crippen LogP contribution in [-0.2, 0) is 0 Å². The van der Waals surface area contributed by atoms with Gasteiger partial charge >= 0.3 is 0 Å². The number of aromatic nitrogens is 3. The Kier molecular flexibility index (Phi) is 6.02. The highest BCUT2D eigenvalue weighted by Gasteiger charge is 2.20. The molecule has 3 heterocycles. The predicted octanol–water partition coefficient (Wildman–Crippen LogP) is 13.4. The lowest BCUT2D eigenvalue weighted by atomic mass is 9.98. The smallest absolute Gasteiger partial charge is 0.161 e. The number of benzene rings is 9. The molecule has 12 aromatic rings. The van der Waals surface area contributed by atoms with E-state index in [9.17, 15) is 0 Å². The summed E-state index contributed by atoms with van der Waals surface area (Å²) < 4.78 is 9.10. The van der Waals surface area contributed by atoms with E-state index in [2.05, 4.69) is 174 Å². The zero-order chi connectivity index (χ0) is 35.3. The van der Waals surface area contributed by atoms with Crippen molar-refractivity contribution in [2.24, 2.45) is 0 Å². The van der Waals surface area contributed by atoms with E-state index in [0.717, 1.165) is 66.1 Å². The molecule has 54 heavy (non-hydrogen) atoms. The molecule has 0 radical (unpaired) electrons. The Balaban J connectivity index is 1.12. The van der Waals surface area contributed by atoms with Gasteiger partial charge in [0.2, 0.25) is 0 Å². The van der Waals surface area contributed by atoms with Crippen LogP contribution in [0.5, 0.6) is 0 Å². The Labute approximate surface area is 309 Å². The molecule has 3 aromatic heterocycles. The molecule has 0 aliphatic rings. The molecule has 0 saturated heterocycles. The first-order chi connectivity index (χ1) is 26.7. The van der Waals surface area contributed by atoms with Gasteiger partial charge in [0.1, 0.15) is 11.2 Å². The summed E-state index contributed by atoms with van der Waals surface area (Å²) in [6, 6.07) is 62.6. The predicted molar refractivity (Wildman–Crippen MR) is 225 cm³/mol. The molecular formula is C50H29N3O. The summed E-state index contributed by atoms with van der Waals surface area (Å²) >= 11 is 0. The number of nitrogens with zero attached hydrogens (tertiary/aromatic N) is 3. The largest absolute Gasteiger partial charge is 0.455 e. The Morgan fingerprint density at radius 3 is 1.94 bits per heavy atom. The van der Waals surface area contributed by atoms with Crippen molar-refractivity contribution >= 4 is 87.0 Å². The summed E-state index contributed by atoms with van der Waals surface area (Å²) in [5, 5.41) is 12.5. The molecule has 0 amide bonds. The molecule has 4 nitrogen and oxygen atoms in total. The number of fused-ring (bicyclic) bond motifs is 11. The molecule has 0 unspecified atom stereocenters. The van der Waals surface area contributed by atoms with E-state index < -0.39 is 0 Å². The topological polar surface area (TPSA) is 43.9 Å². The molecule has 12 rings (SSSR count). The fraction of sp³-hybridized carbons (Fsp3) is 0. The third kappa shape index (κ3) is 4.25. The lowest BCUT2D eigenvalue weighted by Crippen LogP contribution is -1.96. The van der Waals surface area contributed by atoms with Crippen LogP contribution in [-0.4, -0.2) is 14.5 Å². The number of rotatable bonds is 3. The molecule has 0 atom stereocenters. The monoisotopic (exact) mass is 687 g/mol. The quantitative estimate of drug-likeness (QED) is 0.186. The molecular weight excluding hydrogens is 659 g/mol. The maximum absolute atomic E-state index is 6.72. The zero-order valence-corrected chi connectivity index (χ0v) is 29.0. The summed E-state index contributed by atoms with van der Waals surface area (Å²) in [5.41, 5.74) is 9.02. The van der Waals surface area contributed by atoms with Crippen LogP contribution < -0.4 is 0 Å². The molecule has 0 N–H and O–H groups in total. The van der Waals surface area contributed by atoms with Gasteiger partial charge in [0.15, 0.2) is 5.82 Å². The minimum absolute atomic E-state index is 0.690. The van der Waals surface area contributed by atoms with E-state index in [1.165, 1.54) is 43.4 Å². The summed E-state index contributed by atoms with van der Waals surface area (Å²) in [6.45, 7) is 0. The van der Waals surface area contributed by atoms with Crippen molar-refractivity contribution in [3.05, 3.63) is 176 Å². The van der Waals surface area contributed by atoms with Crippen LogP contribution in [0.2, 0.25) is 0 Å². The fourth-order valence-electron chi connectivity index (χ4n) is 8.60. The van der Waals surface area contributed by atoms with Crippen LogP contribution >= 0.6 is 0 Å². The van der Waals surface area contributed by atoms with E-state index >= 15 is 0 Å². The standard InChI is InChI=1S/C50H29N3O/c1-2-12-31-25-34(22-21-30(31)11-1)48-39-18-7-9-19-44(39)51-50(52-48)43-29-42-41-28-35(23-24-47(41)54-49(42)38-17-6-5-15-36(38)43)53-45-20-10-8-16-37(45)40-26-32-13-3-4-14-33(32)27-46(40)53/h1-29H. The lowest BCUT2D eigenvalue weighted by Gasteiger charge is -2.12. The van der Waals surface area contributed by atoms with Gasteiger partial charge in [0, 0.05) is 49.1 Å². The van der Waals surface area contributed by atoms with Crippen molar-refractivity contribution in [3.63, 3.8) is 0 Å². The Morgan fingerprint density at radius 2 is 1.09 bits per heavy atom. The van der Waals surface area contributed by atoms with Crippen molar-refractivity contribution in [2.75, 3.05) is 0 Å². The van der Waals surface area contributed by atoms with Gasteiger partial charge in [0.05, 0.1) is 22.2 Å². The van der Waals surface area contributed by atoms with E-state index in [-0.39, 0.29) is 0 Å². The first-order valence-corrected chi connectivity index (χ1v) is 18.3. The van der Waals surface area contributed by atoms with Crippen LogP contribution in [0.1, 0.15) is 0 Å². The van der Waals surface area contributed by atoms with Gasteiger partial charge < -0.3 is 8.98 Å². The molecule has 0 bridgehead atoms. The van der Waals surface area contributed by atoms with Gasteiger partial charge in [-0.05, 0) is 81.5 Å². The van der Waals surface area contributed by atoms with Crippen molar-refractivity contribution in [1.82, 2.24) is 14.5 Å². The SMILES string of the molecule is c1ccc2cc(-c3nc(-c4cc5c6cc(-n7c8ccccc8c8cc9ccccc9cc87)ccc6oc5c5ccccc45)nc4ccccc34)ccc2c1. The van der Waals surface area contributed by atoms with E-state index in [0.29, 0.717) is 5.82 Å². The third-order valence-corrected chi connectivity index (χ3v) is 11.1. The highest BCUT2D eigenvalue weighted by molar-refractivity contribution is 6.20. The third-order valence-electron chi connectivity index (χ3n) is 11.1. The number of hydrogen-bond donors (Lipinski definition) is 0. The molecule has 4 heteroatoms. The molecule has 250 valence electrons. The van der Waals surface area contributed by atoms with Crippen LogP contribution in [0.4, 0.5) is 0 Å². The first-order valence-electron chi connectivity index (χ1n) is 18.3. The minimum atomic E-state index is 0.690. The zero-order valence-electron chi connectivity index (χ0n) is 29.0. The molecule has 0 saturated carbocycles. The van der Waals surface area contributed by atoms with Crippen molar-refractivity contribution < 1.29 is 4.42 Å². The van der Waals surface area contributed by atoms with Gasteiger partial charge in [-0.1, -0.05) is 121 Å². The van der Waals surface area contributed by atoms with Crippen LogP contribution in [0.3, 0.4) is 0 Å². The molecule has 0 fully saturated rings. The molecule has 0 spiro atoms. The summed E-state index contributed by atoms with van der Waals surface area (Å²) in [4.78, 5) is 10.6. The van der Waals surface area contributed by atoms with Gasteiger partial charge in [-0.3, -0.25) is 0 Å². The number of furan rings is 1. The highest BCUT2D eigenvalue weighted by atomic mass is 16.3. The van der Waals surface area contributed by atoms with E-state index in [1.54, 1.807) is 0 Å². The maximum Gasteiger partial charge on any atom is 0.161 e. The molecule has 0 aliphatic carbocycles. The Bertz CT molecular complexity index is 3520. The van der Waals surface area contributed by atoms with Crippen molar-refractivity contribution in [3.8, 4) is 28.3 Å². The van der Waals surface area contributed by atoms with Crippen LogP contribution in [0, 0.1) is 0 Å². The number of para-hydroxylation sites is 2. The second-order valence-corrected chi connectivity index (χ2v) is 14.2. The minimum Gasteiger partial charge on any atom is -0.455 e. The second-order valence-electron chi connectivity index (χ2n) is 14.2. The maximum atomic E-state index is 6.72. The summed E-state index contributed by atoms with van der Waals surface area (Å²) in [5.74, 6) is 0.690. The van der Waals surface area contributed by atoms with Gasteiger partial charge in [-0.2, -0.15) is 0 Å². The van der Waals surface area contributed by atoms with Gasteiger partial charge in [-0.15, -0.1) is 0 Å². The van der Waals surface area contributed by atoms with Gasteiger partial charge in [-0.25, -0.2) is 9.97 Å². The van der Waals surface area contributed by atoms with E-state index in [4.69, 9.17) is 14.4 Å². The first kappa shape index (κ1) is 29.3. The van der Waals surface area contributed by atoms with Crippen LogP contribution in [0.25, 0.3) is 115 Å². The molecule has 9 aromatic carbocycles. The molecule has 0 aliphatic heterocycles. The Hall–Kier alpha value is -7.30. The number of hydrogen-bond acceptors (Lipinski definition) is 3.